The van der Waals surface area contributed by atoms with Gasteiger partial charge in [-0.1, -0.05) is 18.5 Å². The molecule has 1 heterocycles. The number of hydrogen-bond acceptors (Lipinski definition) is 5. The monoisotopic (exact) mass is 199 g/mol. The van der Waals surface area contributed by atoms with Crippen LogP contribution in [0.1, 0.15) is 50.6 Å². The first-order valence-corrected chi connectivity index (χ1v) is 4.80. The van der Waals surface area contributed by atoms with Gasteiger partial charge < -0.3 is 15.0 Å². The average Bonchev–Trinajstić information content (AvgIpc) is 2.63. The van der Waals surface area contributed by atoms with Crippen LogP contribution in [0.2, 0.25) is 0 Å². The first-order valence-electron chi connectivity index (χ1n) is 4.80. The van der Waals surface area contributed by atoms with E-state index in [1.807, 2.05) is 0 Å². The van der Waals surface area contributed by atoms with Crippen LogP contribution in [-0.2, 0) is 4.74 Å². The minimum absolute atomic E-state index is 0.0868. The molecule has 0 aliphatic carbocycles. The van der Waals surface area contributed by atoms with Crippen LogP contribution < -0.4 is 5.73 Å². The van der Waals surface area contributed by atoms with Crippen molar-refractivity contribution < 1.29 is 9.26 Å². The molecule has 0 radical (unpaired) electrons. The van der Waals surface area contributed by atoms with Crippen LogP contribution in [0, 0.1) is 0 Å². The highest BCUT2D eigenvalue weighted by Gasteiger charge is 2.18. The molecule has 2 atom stereocenters. The summed E-state index contributed by atoms with van der Waals surface area (Å²) in [7, 11) is 1.64. The lowest BCUT2D eigenvalue weighted by molar-refractivity contribution is 0.0854. The predicted molar refractivity (Wildman–Crippen MR) is 51.6 cm³/mol. The fourth-order valence-corrected chi connectivity index (χ4v) is 1.18. The van der Waals surface area contributed by atoms with Crippen LogP contribution in [0.15, 0.2) is 4.52 Å². The lowest BCUT2D eigenvalue weighted by atomic mass is 10.2. The van der Waals surface area contributed by atoms with Crippen molar-refractivity contribution in [3.63, 3.8) is 0 Å². The van der Waals surface area contributed by atoms with E-state index in [9.17, 15) is 0 Å². The smallest absolute Gasteiger partial charge is 0.243 e. The van der Waals surface area contributed by atoms with Crippen LogP contribution in [0.3, 0.4) is 0 Å². The summed E-state index contributed by atoms with van der Waals surface area (Å²) in [5.41, 5.74) is 5.61. The lowest BCUT2D eigenvalue weighted by Crippen LogP contribution is -2.07. The van der Waals surface area contributed by atoms with Crippen molar-refractivity contribution in [1.82, 2.24) is 10.1 Å². The van der Waals surface area contributed by atoms with Crippen molar-refractivity contribution in [1.29, 1.82) is 0 Å². The van der Waals surface area contributed by atoms with Crippen molar-refractivity contribution in [2.75, 3.05) is 7.11 Å². The van der Waals surface area contributed by atoms with Crippen LogP contribution in [-0.4, -0.2) is 17.3 Å². The maximum absolute atomic E-state index is 5.61. The molecule has 5 nitrogen and oxygen atoms in total. The number of hydrogen-bond donors (Lipinski definition) is 1. The predicted octanol–water partition coefficient (Wildman–Crippen LogP) is 1.58. The minimum Gasteiger partial charge on any atom is -0.373 e. The molecule has 0 aliphatic heterocycles. The third kappa shape index (κ3) is 2.52. The molecule has 5 heteroatoms. The zero-order valence-electron chi connectivity index (χ0n) is 8.86. The van der Waals surface area contributed by atoms with Gasteiger partial charge in [0.25, 0.3) is 0 Å². The number of methoxy groups -OCH3 is 1. The van der Waals surface area contributed by atoms with Crippen molar-refractivity contribution in [3.8, 4) is 0 Å². The Kier molecular flexibility index (Phi) is 4.03. The minimum atomic E-state index is -0.226. The number of nitrogens with zero attached hydrogens (tertiary/aromatic N) is 2. The third-order valence-electron chi connectivity index (χ3n) is 1.97. The molecule has 0 aliphatic rings. The van der Waals surface area contributed by atoms with E-state index >= 15 is 0 Å². The summed E-state index contributed by atoms with van der Waals surface area (Å²) in [4.78, 5) is 4.17. The molecule has 0 amide bonds. The van der Waals surface area contributed by atoms with Gasteiger partial charge in [0.1, 0.15) is 6.10 Å². The summed E-state index contributed by atoms with van der Waals surface area (Å²) in [6.07, 6.45) is 1.81. The van der Waals surface area contributed by atoms with Gasteiger partial charge in [-0.3, -0.25) is 0 Å². The van der Waals surface area contributed by atoms with E-state index in [4.69, 9.17) is 15.0 Å². The molecule has 0 bridgehead atoms. The summed E-state index contributed by atoms with van der Waals surface area (Å²) in [5, 5.41) is 3.84. The molecule has 0 saturated carbocycles. The van der Waals surface area contributed by atoms with Gasteiger partial charge in [-0.05, 0) is 13.3 Å². The van der Waals surface area contributed by atoms with Crippen LogP contribution in [0.25, 0.3) is 0 Å². The largest absolute Gasteiger partial charge is 0.373 e. The SMILES string of the molecule is CCCC(OC)c1noc([C@@H](C)N)n1. The van der Waals surface area contributed by atoms with Gasteiger partial charge in [-0.25, -0.2) is 0 Å². The molecule has 1 unspecified atom stereocenters. The Morgan fingerprint density at radius 3 is 2.71 bits per heavy atom. The van der Waals surface area contributed by atoms with Gasteiger partial charge in [0.05, 0.1) is 6.04 Å². The molecule has 0 fully saturated rings. The molecule has 1 aromatic rings. The maximum atomic E-state index is 5.61. The number of nitrogens with two attached hydrogens (primary N) is 1. The molecular formula is C9H17N3O2. The molecule has 0 saturated heterocycles. The average molecular weight is 199 g/mol. The van der Waals surface area contributed by atoms with Crippen LogP contribution >= 0.6 is 0 Å². The highest BCUT2D eigenvalue weighted by Crippen LogP contribution is 2.19. The molecule has 1 aromatic heterocycles. The van der Waals surface area contributed by atoms with Gasteiger partial charge in [0.15, 0.2) is 0 Å². The van der Waals surface area contributed by atoms with Gasteiger partial charge >= 0.3 is 0 Å². The van der Waals surface area contributed by atoms with E-state index in [0.29, 0.717) is 11.7 Å². The first kappa shape index (κ1) is 11.1. The first-order chi connectivity index (χ1) is 6.69. The van der Waals surface area contributed by atoms with Gasteiger partial charge in [-0.15, -0.1) is 0 Å². The summed E-state index contributed by atoms with van der Waals surface area (Å²) >= 11 is 0. The standard InChI is InChI=1S/C9H17N3O2/c1-4-5-7(13-3)8-11-9(6(2)10)14-12-8/h6-7H,4-5,10H2,1-3H3/t6-,7?/m1/s1. The topological polar surface area (TPSA) is 74.2 Å². The second kappa shape index (κ2) is 5.07. The van der Waals surface area contributed by atoms with E-state index in [2.05, 4.69) is 17.1 Å². The zero-order valence-corrected chi connectivity index (χ0v) is 8.86. The Morgan fingerprint density at radius 1 is 1.57 bits per heavy atom. The summed E-state index contributed by atoms with van der Waals surface area (Å²) in [6.45, 7) is 3.89. The number of rotatable bonds is 5. The summed E-state index contributed by atoms with van der Waals surface area (Å²) < 4.78 is 10.2. The fraction of sp³-hybridized carbons (Fsp3) is 0.778. The van der Waals surface area contributed by atoms with Crippen molar-refractivity contribution >= 4 is 0 Å². The van der Waals surface area contributed by atoms with Crippen molar-refractivity contribution in [2.24, 2.45) is 5.73 Å². The Bertz CT molecular complexity index is 273. The summed E-state index contributed by atoms with van der Waals surface area (Å²) in [5.74, 6) is 1.04. The Morgan fingerprint density at radius 2 is 2.29 bits per heavy atom. The maximum Gasteiger partial charge on any atom is 0.243 e. The van der Waals surface area contributed by atoms with Crippen molar-refractivity contribution in [3.05, 3.63) is 11.7 Å². The van der Waals surface area contributed by atoms with E-state index in [1.54, 1.807) is 14.0 Å². The Balaban J connectivity index is 2.73. The van der Waals surface area contributed by atoms with Crippen molar-refractivity contribution in [2.45, 2.75) is 38.8 Å². The normalized spacial score (nSPS) is 15.4. The van der Waals surface area contributed by atoms with Crippen LogP contribution in [0.4, 0.5) is 0 Å². The molecule has 0 aromatic carbocycles. The molecule has 1 rings (SSSR count). The highest BCUT2D eigenvalue weighted by atomic mass is 16.5. The quantitative estimate of drug-likeness (QED) is 0.779. The van der Waals surface area contributed by atoms with Gasteiger partial charge in [0.2, 0.25) is 11.7 Å². The Labute approximate surface area is 83.6 Å². The molecular weight excluding hydrogens is 182 g/mol. The zero-order chi connectivity index (χ0) is 10.6. The number of aromatic nitrogens is 2. The van der Waals surface area contributed by atoms with Gasteiger partial charge in [-0.2, -0.15) is 4.98 Å². The molecule has 14 heavy (non-hydrogen) atoms. The van der Waals surface area contributed by atoms with Gasteiger partial charge in [0, 0.05) is 7.11 Å². The fourth-order valence-electron chi connectivity index (χ4n) is 1.18. The highest BCUT2D eigenvalue weighted by molar-refractivity contribution is 4.93. The van der Waals surface area contributed by atoms with E-state index in [-0.39, 0.29) is 12.1 Å². The Hall–Kier alpha value is -0.940. The second-order valence-corrected chi connectivity index (χ2v) is 3.29. The molecule has 2 N–H and O–H groups in total. The summed E-state index contributed by atoms with van der Waals surface area (Å²) in [6, 6.07) is -0.226. The third-order valence-corrected chi connectivity index (χ3v) is 1.97. The van der Waals surface area contributed by atoms with E-state index in [1.165, 1.54) is 0 Å². The lowest BCUT2D eigenvalue weighted by Gasteiger charge is -2.08. The van der Waals surface area contributed by atoms with E-state index < -0.39 is 0 Å². The molecule has 80 valence electrons. The van der Waals surface area contributed by atoms with Crippen LogP contribution in [0.5, 0.6) is 0 Å². The van der Waals surface area contributed by atoms with E-state index in [0.717, 1.165) is 12.8 Å². The molecule has 0 spiro atoms. The number of ether oxygens (including phenoxy) is 1. The second-order valence-electron chi connectivity index (χ2n) is 3.29.